The Morgan fingerprint density at radius 3 is 2.94 bits per heavy atom. The summed E-state index contributed by atoms with van der Waals surface area (Å²) in [5, 5.41) is 3.68. The Morgan fingerprint density at radius 2 is 2.12 bits per heavy atom. The normalized spacial score (nSPS) is 27.1. The Morgan fingerprint density at radius 1 is 1.18 bits per heavy atom. The van der Waals surface area contributed by atoms with Crippen LogP contribution < -0.4 is 5.32 Å². The first-order chi connectivity index (χ1) is 8.34. The number of fused-ring (bicyclic) bond motifs is 1. The van der Waals surface area contributed by atoms with Crippen LogP contribution in [0.25, 0.3) is 0 Å². The highest BCUT2D eigenvalue weighted by molar-refractivity contribution is 5.35. The number of hydrogen-bond donors (Lipinski definition) is 1. The summed E-state index contributed by atoms with van der Waals surface area (Å²) in [6.07, 6.45) is 9.90. The third-order valence-corrected chi connectivity index (χ3v) is 3.92. The fourth-order valence-electron chi connectivity index (χ4n) is 3.01. The third-order valence-electron chi connectivity index (χ3n) is 3.92. The Kier molecular flexibility index (Phi) is 2.98. The van der Waals surface area contributed by atoms with Crippen LogP contribution in [0.3, 0.4) is 0 Å². The summed E-state index contributed by atoms with van der Waals surface area (Å²) in [4.78, 5) is 0. The van der Waals surface area contributed by atoms with Crippen molar-refractivity contribution in [2.45, 2.75) is 44.2 Å². The van der Waals surface area contributed by atoms with Crippen LogP contribution in [0, 0.1) is 5.82 Å². The molecule has 0 heterocycles. The van der Waals surface area contributed by atoms with E-state index in [4.69, 9.17) is 0 Å². The standard InChI is InChI=1S/C15H18FN/c16-14-8-4-7-13-12(14)9-10-15(13)17-11-5-2-1-3-6-11/h1-2,4,7-8,11,15,17H,3,5-6,9-10H2. The molecule has 3 rings (SSSR count). The van der Waals surface area contributed by atoms with E-state index in [1.54, 1.807) is 6.07 Å². The molecule has 1 aromatic rings. The van der Waals surface area contributed by atoms with Gasteiger partial charge in [0.1, 0.15) is 5.82 Å². The zero-order valence-corrected chi connectivity index (χ0v) is 9.95. The number of allylic oxidation sites excluding steroid dienone is 1. The van der Waals surface area contributed by atoms with Crippen molar-refractivity contribution in [2.75, 3.05) is 0 Å². The minimum absolute atomic E-state index is 0.0321. The fourth-order valence-corrected chi connectivity index (χ4v) is 3.01. The third kappa shape index (κ3) is 2.14. The molecule has 2 heteroatoms. The van der Waals surface area contributed by atoms with Gasteiger partial charge in [-0.25, -0.2) is 4.39 Å². The lowest BCUT2D eigenvalue weighted by Crippen LogP contribution is -2.32. The average molecular weight is 231 g/mol. The molecule has 0 radical (unpaired) electrons. The molecule has 2 aliphatic rings. The van der Waals surface area contributed by atoms with Crippen LogP contribution in [0.2, 0.25) is 0 Å². The molecule has 0 spiro atoms. The van der Waals surface area contributed by atoms with Gasteiger partial charge in [0.15, 0.2) is 0 Å². The van der Waals surface area contributed by atoms with Gasteiger partial charge < -0.3 is 5.32 Å². The second kappa shape index (κ2) is 4.61. The minimum atomic E-state index is -0.0321. The predicted octanol–water partition coefficient (Wildman–Crippen LogP) is 3.51. The topological polar surface area (TPSA) is 12.0 Å². The quantitative estimate of drug-likeness (QED) is 0.768. The second-order valence-electron chi connectivity index (χ2n) is 5.05. The minimum Gasteiger partial charge on any atom is -0.307 e. The summed E-state index contributed by atoms with van der Waals surface area (Å²) < 4.78 is 13.6. The zero-order chi connectivity index (χ0) is 11.7. The highest BCUT2D eigenvalue weighted by Gasteiger charge is 2.26. The molecule has 0 aliphatic heterocycles. The monoisotopic (exact) mass is 231 g/mol. The van der Waals surface area contributed by atoms with Crippen LogP contribution in [0.15, 0.2) is 30.4 Å². The van der Waals surface area contributed by atoms with Crippen LogP contribution in [0.4, 0.5) is 4.39 Å². The van der Waals surface area contributed by atoms with Crippen molar-refractivity contribution in [1.29, 1.82) is 0 Å². The van der Waals surface area contributed by atoms with E-state index in [-0.39, 0.29) is 5.82 Å². The maximum absolute atomic E-state index is 13.6. The van der Waals surface area contributed by atoms with Gasteiger partial charge in [0, 0.05) is 12.1 Å². The number of halogens is 1. The van der Waals surface area contributed by atoms with E-state index in [0.29, 0.717) is 12.1 Å². The lowest BCUT2D eigenvalue weighted by Gasteiger charge is -2.24. The molecule has 0 saturated carbocycles. The van der Waals surface area contributed by atoms with Gasteiger partial charge in [0.05, 0.1) is 0 Å². The molecule has 0 saturated heterocycles. The summed E-state index contributed by atoms with van der Waals surface area (Å²) in [7, 11) is 0. The van der Waals surface area contributed by atoms with E-state index in [1.807, 2.05) is 6.07 Å². The molecular formula is C15H18FN. The predicted molar refractivity (Wildman–Crippen MR) is 67.4 cm³/mol. The van der Waals surface area contributed by atoms with E-state index in [0.717, 1.165) is 24.8 Å². The van der Waals surface area contributed by atoms with Crippen molar-refractivity contribution < 1.29 is 4.39 Å². The smallest absolute Gasteiger partial charge is 0.126 e. The summed E-state index contributed by atoms with van der Waals surface area (Å²) in [5.74, 6) is -0.0321. The SMILES string of the molecule is Fc1cccc2c1CCC2NC1CC=CCC1. The van der Waals surface area contributed by atoms with Crippen LogP contribution in [-0.4, -0.2) is 6.04 Å². The van der Waals surface area contributed by atoms with Gasteiger partial charge in [-0.05, 0) is 49.3 Å². The highest BCUT2D eigenvalue weighted by Crippen LogP contribution is 2.33. The summed E-state index contributed by atoms with van der Waals surface area (Å²) in [6, 6.07) is 6.40. The van der Waals surface area contributed by atoms with Crippen molar-refractivity contribution in [3.63, 3.8) is 0 Å². The Balaban J connectivity index is 1.75. The van der Waals surface area contributed by atoms with Gasteiger partial charge in [0.25, 0.3) is 0 Å². The van der Waals surface area contributed by atoms with E-state index in [1.165, 1.54) is 18.4 Å². The Labute approximate surface area is 102 Å². The van der Waals surface area contributed by atoms with Gasteiger partial charge in [-0.2, -0.15) is 0 Å². The molecule has 1 N–H and O–H groups in total. The summed E-state index contributed by atoms with van der Waals surface area (Å²) >= 11 is 0. The summed E-state index contributed by atoms with van der Waals surface area (Å²) in [5.41, 5.74) is 2.11. The number of benzene rings is 1. The largest absolute Gasteiger partial charge is 0.307 e. The van der Waals surface area contributed by atoms with Crippen molar-refractivity contribution in [3.05, 3.63) is 47.3 Å². The average Bonchev–Trinajstić information content (AvgIpc) is 2.76. The summed E-state index contributed by atoms with van der Waals surface area (Å²) in [6.45, 7) is 0. The van der Waals surface area contributed by atoms with Crippen LogP contribution in [-0.2, 0) is 6.42 Å². The molecule has 0 fully saturated rings. The first kappa shape index (κ1) is 11.0. The lowest BCUT2D eigenvalue weighted by atomic mass is 9.99. The first-order valence-corrected chi connectivity index (χ1v) is 6.53. The van der Waals surface area contributed by atoms with Crippen molar-refractivity contribution >= 4 is 0 Å². The molecule has 1 aromatic carbocycles. The van der Waals surface area contributed by atoms with Crippen molar-refractivity contribution in [3.8, 4) is 0 Å². The molecular weight excluding hydrogens is 213 g/mol. The van der Waals surface area contributed by atoms with Gasteiger partial charge in [-0.3, -0.25) is 0 Å². The number of rotatable bonds is 2. The van der Waals surface area contributed by atoms with Crippen LogP contribution >= 0.6 is 0 Å². The molecule has 2 unspecified atom stereocenters. The van der Waals surface area contributed by atoms with Gasteiger partial charge in [-0.1, -0.05) is 24.3 Å². The zero-order valence-electron chi connectivity index (χ0n) is 9.95. The maximum atomic E-state index is 13.6. The van der Waals surface area contributed by atoms with Gasteiger partial charge in [-0.15, -0.1) is 0 Å². The molecule has 0 amide bonds. The van der Waals surface area contributed by atoms with Gasteiger partial charge in [0.2, 0.25) is 0 Å². The highest BCUT2D eigenvalue weighted by atomic mass is 19.1. The molecule has 2 atom stereocenters. The first-order valence-electron chi connectivity index (χ1n) is 6.53. The molecule has 17 heavy (non-hydrogen) atoms. The Bertz CT molecular complexity index is 439. The van der Waals surface area contributed by atoms with E-state index < -0.39 is 0 Å². The van der Waals surface area contributed by atoms with Crippen molar-refractivity contribution in [2.24, 2.45) is 0 Å². The fraction of sp³-hybridized carbons (Fsp3) is 0.467. The number of nitrogens with one attached hydrogen (secondary N) is 1. The molecule has 1 nitrogen and oxygen atoms in total. The van der Waals surface area contributed by atoms with Crippen LogP contribution in [0.5, 0.6) is 0 Å². The maximum Gasteiger partial charge on any atom is 0.126 e. The Hall–Kier alpha value is -1.15. The van der Waals surface area contributed by atoms with E-state index >= 15 is 0 Å². The van der Waals surface area contributed by atoms with Gasteiger partial charge >= 0.3 is 0 Å². The molecule has 0 aromatic heterocycles. The van der Waals surface area contributed by atoms with Crippen molar-refractivity contribution in [1.82, 2.24) is 5.32 Å². The molecule has 2 aliphatic carbocycles. The molecule has 0 bridgehead atoms. The van der Waals surface area contributed by atoms with E-state index in [9.17, 15) is 4.39 Å². The van der Waals surface area contributed by atoms with Crippen LogP contribution in [0.1, 0.15) is 42.9 Å². The number of hydrogen-bond acceptors (Lipinski definition) is 1. The molecule has 90 valence electrons. The second-order valence-corrected chi connectivity index (χ2v) is 5.05. The lowest BCUT2D eigenvalue weighted by molar-refractivity contribution is 0.408. The van der Waals surface area contributed by atoms with E-state index in [2.05, 4.69) is 23.5 Å².